The van der Waals surface area contributed by atoms with Gasteiger partial charge in [-0.3, -0.25) is 4.79 Å². The van der Waals surface area contributed by atoms with Crippen molar-refractivity contribution in [2.24, 2.45) is 0 Å². The molecule has 0 bridgehead atoms. The lowest BCUT2D eigenvalue weighted by atomic mass is 10.1. The van der Waals surface area contributed by atoms with Crippen LogP contribution < -0.4 is 5.56 Å². The molecule has 0 radical (unpaired) electrons. The number of H-pyrrole nitrogens is 1. The predicted octanol–water partition coefficient (Wildman–Crippen LogP) is 2.30. The summed E-state index contributed by atoms with van der Waals surface area (Å²) in [6.45, 7) is 1.94. The minimum atomic E-state index is -1.00. The maximum absolute atomic E-state index is 12.6. The highest BCUT2D eigenvalue weighted by molar-refractivity contribution is 5.88. The SMILES string of the molecule is CCc1nc(C2=CC=C2)n2nc(-c3ccc(C(=O)O)cc3)[nH]c(=O)c12. The van der Waals surface area contributed by atoms with Gasteiger partial charge in [0.2, 0.25) is 0 Å². The van der Waals surface area contributed by atoms with Gasteiger partial charge >= 0.3 is 5.97 Å². The first kappa shape index (κ1) is 15.1. The highest BCUT2D eigenvalue weighted by Gasteiger charge is 2.19. The molecule has 1 aliphatic rings. The van der Waals surface area contributed by atoms with E-state index >= 15 is 0 Å². The summed E-state index contributed by atoms with van der Waals surface area (Å²) in [4.78, 5) is 30.9. The van der Waals surface area contributed by atoms with Gasteiger partial charge in [-0.2, -0.15) is 0 Å². The average molecular weight is 334 g/mol. The molecule has 0 fully saturated rings. The molecule has 3 aromatic rings. The summed E-state index contributed by atoms with van der Waals surface area (Å²) >= 11 is 0. The van der Waals surface area contributed by atoms with E-state index < -0.39 is 5.97 Å². The third-order valence-corrected chi connectivity index (χ3v) is 4.12. The molecule has 4 rings (SSSR count). The van der Waals surface area contributed by atoms with Gasteiger partial charge in [-0.1, -0.05) is 37.3 Å². The van der Waals surface area contributed by atoms with Gasteiger partial charge in [0.15, 0.2) is 17.2 Å². The molecule has 0 spiro atoms. The number of aromatic amines is 1. The molecule has 0 amide bonds. The fraction of sp³-hybridized carbons (Fsp3) is 0.111. The first-order valence-corrected chi connectivity index (χ1v) is 7.83. The average Bonchev–Trinajstić information content (AvgIpc) is 2.92. The zero-order valence-electron chi connectivity index (χ0n) is 13.4. The van der Waals surface area contributed by atoms with Crippen molar-refractivity contribution in [3.8, 4) is 11.4 Å². The number of carbonyl (C=O) groups is 1. The summed E-state index contributed by atoms with van der Waals surface area (Å²) in [6.07, 6.45) is 6.36. The molecule has 0 atom stereocenters. The molecule has 2 heterocycles. The Bertz CT molecular complexity index is 1120. The zero-order valence-corrected chi connectivity index (χ0v) is 13.4. The number of hydrogen-bond donors (Lipinski definition) is 2. The van der Waals surface area contributed by atoms with Crippen molar-refractivity contribution in [3.63, 3.8) is 0 Å². The van der Waals surface area contributed by atoms with Crippen molar-refractivity contribution >= 4 is 17.1 Å². The second-order valence-corrected chi connectivity index (χ2v) is 5.66. The molecule has 1 aliphatic carbocycles. The van der Waals surface area contributed by atoms with Gasteiger partial charge in [-0.25, -0.2) is 14.3 Å². The van der Waals surface area contributed by atoms with Crippen LogP contribution in [-0.2, 0) is 6.42 Å². The number of rotatable bonds is 4. The maximum Gasteiger partial charge on any atom is 0.335 e. The Labute approximate surface area is 142 Å². The number of hydrogen-bond acceptors (Lipinski definition) is 4. The number of benzene rings is 1. The standard InChI is InChI=1S/C18H14N4O3/c1-2-13-14-17(23)20-15(10-6-8-12(9-7-10)18(24)25)21-22(14)16(19-13)11-4-3-5-11/h3-9H,2H2,1H3,(H,24,25)(H,20,21,23). The second-order valence-electron chi connectivity index (χ2n) is 5.66. The van der Waals surface area contributed by atoms with Crippen molar-refractivity contribution in [1.82, 2.24) is 19.6 Å². The minimum Gasteiger partial charge on any atom is -0.478 e. The van der Waals surface area contributed by atoms with Crippen LogP contribution in [0, 0.1) is 0 Å². The van der Waals surface area contributed by atoms with Gasteiger partial charge in [-0.05, 0) is 18.6 Å². The summed E-state index contributed by atoms with van der Waals surface area (Å²) < 4.78 is 1.56. The van der Waals surface area contributed by atoms with Crippen molar-refractivity contribution < 1.29 is 9.90 Å². The lowest BCUT2D eigenvalue weighted by molar-refractivity contribution is 0.0697. The fourth-order valence-electron chi connectivity index (χ4n) is 2.75. The molecule has 0 saturated carbocycles. The highest BCUT2D eigenvalue weighted by Crippen LogP contribution is 2.24. The molecule has 7 nitrogen and oxygen atoms in total. The topological polar surface area (TPSA) is 100 Å². The summed E-state index contributed by atoms with van der Waals surface area (Å²) in [6, 6.07) is 6.19. The third-order valence-electron chi connectivity index (χ3n) is 4.12. The quantitative estimate of drug-likeness (QED) is 0.762. The van der Waals surface area contributed by atoms with Crippen LogP contribution in [-0.4, -0.2) is 30.7 Å². The van der Waals surface area contributed by atoms with Crippen LogP contribution in [0.15, 0.2) is 47.3 Å². The third kappa shape index (κ3) is 2.37. The van der Waals surface area contributed by atoms with Crippen LogP contribution in [0.25, 0.3) is 22.5 Å². The molecular weight excluding hydrogens is 320 g/mol. The smallest absolute Gasteiger partial charge is 0.335 e. The van der Waals surface area contributed by atoms with Gasteiger partial charge in [0, 0.05) is 11.1 Å². The molecule has 25 heavy (non-hydrogen) atoms. The van der Waals surface area contributed by atoms with Crippen LogP contribution in [0.1, 0.15) is 28.8 Å². The van der Waals surface area contributed by atoms with Gasteiger partial charge < -0.3 is 10.1 Å². The molecule has 0 saturated heterocycles. The van der Waals surface area contributed by atoms with Crippen LogP contribution in [0.3, 0.4) is 0 Å². The van der Waals surface area contributed by atoms with E-state index in [4.69, 9.17) is 5.11 Å². The Morgan fingerprint density at radius 3 is 2.56 bits per heavy atom. The van der Waals surface area contributed by atoms with Crippen molar-refractivity contribution in [1.29, 1.82) is 0 Å². The van der Waals surface area contributed by atoms with E-state index in [1.54, 1.807) is 16.6 Å². The molecule has 124 valence electrons. The van der Waals surface area contributed by atoms with Gasteiger partial charge in [0.25, 0.3) is 5.56 Å². The number of nitrogens with one attached hydrogen (secondary N) is 1. The molecule has 7 heteroatoms. The van der Waals surface area contributed by atoms with E-state index in [2.05, 4.69) is 15.1 Å². The highest BCUT2D eigenvalue weighted by atomic mass is 16.4. The van der Waals surface area contributed by atoms with Crippen molar-refractivity contribution in [3.05, 3.63) is 69.9 Å². The minimum absolute atomic E-state index is 0.175. The number of allylic oxidation sites excluding steroid dienone is 4. The van der Waals surface area contributed by atoms with E-state index in [0.717, 1.165) is 5.57 Å². The molecule has 2 N–H and O–H groups in total. The number of aromatic carboxylic acids is 1. The normalized spacial score (nSPS) is 12.9. The Morgan fingerprint density at radius 2 is 2.00 bits per heavy atom. The van der Waals surface area contributed by atoms with Gasteiger partial charge in [-0.15, -0.1) is 5.10 Å². The molecule has 0 unspecified atom stereocenters. The van der Waals surface area contributed by atoms with Gasteiger partial charge in [0.1, 0.15) is 0 Å². The largest absolute Gasteiger partial charge is 0.478 e. The summed E-state index contributed by atoms with van der Waals surface area (Å²) in [5.41, 5.74) is 2.57. The fourth-order valence-corrected chi connectivity index (χ4v) is 2.75. The van der Waals surface area contributed by atoms with Gasteiger partial charge in [0.05, 0.1) is 11.3 Å². The molecule has 2 aromatic heterocycles. The number of imidazole rings is 1. The van der Waals surface area contributed by atoms with E-state index in [-0.39, 0.29) is 11.1 Å². The Balaban J connectivity index is 1.91. The van der Waals surface area contributed by atoms with Crippen molar-refractivity contribution in [2.45, 2.75) is 13.3 Å². The summed E-state index contributed by atoms with van der Waals surface area (Å²) in [5, 5.41) is 13.5. The Hall–Kier alpha value is -3.48. The monoisotopic (exact) mass is 334 g/mol. The Morgan fingerprint density at radius 1 is 1.28 bits per heavy atom. The zero-order chi connectivity index (χ0) is 17.6. The van der Waals surface area contributed by atoms with E-state index in [1.807, 2.05) is 25.2 Å². The van der Waals surface area contributed by atoms with E-state index in [0.29, 0.717) is 34.8 Å². The summed E-state index contributed by atoms with van der Waals surface area (Å²) in [5.74, 6) is -0.0138. The number of aromatic nitrogens is 4. The number of fused-ring (bicyclic) bond motifs is 1. The lowest BCUT2D eigenvalue weighted by Crippen LogP contribution is -2.16. The molecule has 0 aliphatic heterocycles. The lowest BCUT2D eigenvalue weighted by Gasteiger charge is -2.07. The number of aryl methyl sites for hydroxylation is 1. The van der Waals surface area contributed by atoms with Crippen LogP contribution in [0.5, 0.6) is 0 Å². The summed E-state index contributed by atoms with van der Waals surface area (Å²) in [7, 11) is 0. The van der Waals surface area contributed by atoms with Crippen molar-refractivity contribution in [2.75, 3.05) is 0 Å². The molecular formula is C18H14N4O3. The maximum atomic E-state index is 12.6. The first-order valence-electron chi connectivity index (χ1n) is 7.83. The van der Waals surface area contributed by atoms with E-state index in [9.17, 15) is 9.59 Å². The number of carboxylic acid groups (broad SMARTS) is 1. The van der Waals surface area contributed by atoms with Crippen LogP contribution >= 0.6 is 0 Å². The number of carboxylic acids is 1. The Kier molecular flexibility index (Phi) is 3.35. The van der Waals surface area contributed by atoms with Crippen LogP contribution in [0.4, 0.5) is 0 Å². The second kappa shape index (κ2) is 5.55. The van der Waals surface area contributed by atoms with E-state index in [1.165, 1.54) is 12.1 Å². The molecule has 1 aromatic carbocycles. The first-order chi connectivity index (χ1) is 12.1. The predicted molar refractivity (Wildman–Crippen MR) is 92.5 cm³/mol. The number of nitrogens with zero attached hydrogens (tertiary/aromatic N) is 3. The van der Waals surface area contributed by atoms with Crippen LogP contribution in [0.2, 0.25) is 0 Å².